The zero-order valence-corrected chi connectivity index (χ0v) is 15.4. The van der Waals surface area contributed by atoms with Crippen molar-refractivity contribution >= 4 is 21.8 Å². The molecule has 2 aliphatic rings. The van der Waals surface area contributed by atoms with Gasteiger partial charge in [0.2, 0.25) is 5.91 Å². The van der Waals surface area contributed by atoms with Crippen LogP contribution >= 0.6 is 15.9 Å². The number of carbonyl (C=O) groups is 1. The van der Waals surface area contributed by atoms with Crippen LogP contribution in [0.2, 0.25) is 0 Å². The highest BCUT2D eigenvalue weighted by molar-refractivity contribution is 9.10. The number of amides is 1. The second-order valence-electron chi connectivity index (χ2n) is 7.00. The van der Waals surface area contributed by atoms with E-state index < -0.39 is 0 Å². The molecule has 0 radical (unpaired) electrons. The van der Waals surface area contributed by atoms with Gasteiger partial charge in [-0.2, -0.15) is 0 Å². The Morgan fingerprint density at radius 2 is 1.78 bits per heavy atom. The number of rotatable bonds is 4. The molecule has 1 heterocycles. The fraction of sp³-hybridized carbons (Fsp3) is 0.632. The smallest absolute Gasteiger partial charge is 0.224 e. The molecule has 0 spiro atoms. The van der Waals surface area contributed by atoms with Gasteiger partial charge in [0.1, 0.15) is 0 Å². The maximum atomic E-state index is 12.2. The monoisotopic (exact) mass is 378 g/mol. The van der Waals surface area contributed by atoms with Crippen molar-refractivity contribution in [3.05, 3.63) is 34.3 Å². The van der Waals surface area contributed by atoms with Crippen molar-refractivity contribution in [3.63, 3.8) is 0 Å². The molecule has 4 heteroatoms. The quantitative estimate of drug-likeness (QED) is 0.805. The summed E-state index contributed by atoms with van der Waals surface area (Å²) in [6.07, 6.45) is 9.83. The van der Waals surface area contributed by atoms with Crippen LogP contribution in [-0.4, -0.2) is 36.0 Å². The zero-order valence-electron chi connectivity index (χ0n) is 13.8. The molecular formula is C19H27BrN2O. The van der Waals surface area contributed by atoms with E-state index in [1.165, 1.54) is 38.5 Å². The Morgan fingerprint density at radius 1 is 1.09 bits per heavy atom. The molecule has 0 aromatic heterocycles. The molecule has 1 saturated carbocycles. The minimum absolute atomic E-state index is 0.153. The molecule has 3 nitrogen and oxygen atoms in total. The average Bonchev–Trinajstić information content (AvgIpc) is 2.83. The van der Waals surface area contributed by atoms with Gasteiger partial charge in [-0.05, 0) is 37.0 Å². The normalized spacial score (nSPS) is 23.6. The van der Waals surface area contributed by atoms with Gasteiger partial charge in [0, 0.05) is 29.6 Å². The van der Waals surface area contributed by atoms with Crippen molar-refractivity contribution in [1.82, 2.24) is 10.2 Å². The fourth-order valence-corrected chi connectivity index (χ4v) is 4.19. The van der Waals surface area contributed by atoms with Crippen LogP contribution < -0.4 is 5.32 Å². The summed E-state index contributed by atoms with van der Waals surface area (Å²) in [4.78, 5) is 14.9. The lowest BCUT2D eigenvalue weighted by Gasteiger charge is -2.26. The van der Waals surface area contributed by atoms with Gasteiger partial charge >= 0.3 is 0 Å². The molecule has 126 valence electrons. The van der Waals surface area contributed by atoms with E-state index in [9.17, 15) is 4.79 Å². The molecule has 1 atom stereocenters. The summed E-state index contributed by atoms with van der Waals surface area (Å²) in [5.74, 6) is 0.153. The Bertz CT molecular complexity index is 509. The molecule has 1 saturated heterocycles. The minimum Gasteiger partial charge on any atom is -0.352 e. The van der Waals surface area contributed by atoms with Gasteiger partial charge in [-0.1, -0.05) is 53.7 Å². The number of nitrogens with one attached hydrogen (secondary N) is 1. The minimum atomic E-state index is 0.153. The van der Waals surface area contributed by atoms with Crippen LogP contribution in [0.25, 0.3) is 0 Å². The Balaban J connectivity index is 1.45. The summed E-state index contributed by atoms with van der Waals surface area (Å²) < 4.78 is 1.05. The second kappa shape index (κ2) is 8.29. The Labute approximate surface area is 148 Å². The molecule has 2 fully saturated rings. The number of likely N-dealkylation sites (tertiary alicyclic amines) is 1. The molecule has 1 aromatic carbocycles. The number of hydrogen-bond donors (Lipinski definition) is 1. The highest BCUT2D eigenvalue weighted by Crippen LogP contribution is 2.25. The van der Waals surface area contributed by atoms with Crippen LogP contribution in [-0.2, 0) is 11.2 Å². The van der Waals surface area contributed by atoms with Gasteiger partial charge < -0.3 is 5.32 Å². The lowest BCUT2D eigenvalue weighted by atomic mass is 10.1. The maximum Gasteiger partial charge on any atom is 0.224 e. The first-order valence-electron chi connectivity index (χ1n) is 8.98. The third-order valence-corrected chi connectivity index (χ3v) is 5.73. The third-order valence-electron chi connectivity index (χ3n) is 5.20. The Kier molecular flexibility index (Phi) is 6.12. The van der Waals surface area contributed by atoms with Crippen molar-refractivity contribution < 1.29 is 4.79 Å². The average molecular weight is 379 g/mol. The van der Waals surface area contributed by atoms with E-state index in [0.717, 1.165) is 35.6 Å². The summed E-state index contributed by atoms with van der Waals surface area (Å²) in [5, 5.41) is 3.23. The van der Waals surface area contributed by atoms with Crippen LogP contribution in [0.15, 0.2) is 28.7 Å². The van der Waals surface area contributed by atoms with Crippen LogP contribution in [0.3, 0.4) is 0 Å². The van der Waals surface area contributed by atoms with Gasteiger partial charge in [-0.15, -0.1) is 0 Å². The fourth-order valence-electron chi connectivity index (χ4n) is 3.93. The summed E-state index contributed by atoms with van der Waals surface area (Å²) in [6, 6.07) is 9.09. The molecule has 1 N–H and O–H groups in total. The van der Waals surface area contributed by atoms with Crippen LogP contribution in [0, 0.1) is 0 Å². The van der Waals surface area contributed by atoms with Crippen molar-refractivity contribution in [3.8, 4) is 0 Å². The van der Waals surface area contributed by atoms with Crippen molar-refractivity contribution in [2.24, 2.45) is 0 Å². The topological polar surface area (TPSA) is 32.3 Å². The molecule has 1 unspecified atom stereocenters. The van der Waals surface area contributed by atoms with Crippen LogP contribution in [0.5, 0.6) is 0 Å². The molecular weight excluding hydrogens is 352 g/mol. The predicted molar refractivity (Wildman–Crippen MR) is 97.5 cm³/mol. The lowest BCUT2D eigenvalue weighted by Crippen LogP contribution is -2.40. The van der Waals surface area contributed by atoms with E-state index in [0.29, 0.717) is 12.5 Å². The first kappa shape index (κ1) is 17.0. The van der Waals surface area contributed by atoms with Gasteiger partial charge in [0.15, 0.2) is 0 Å². The first-order chi connectivity index (χ1) is 11.2. The number of benzene rings is 1. The van der Waals surface area contributed by atoms with Gasteiger partial charge in [-0.3, -0.25) is 9.69 Å². The SMILES string of the molecule is O=C(Cc1ccc(Br)cc1)NC1CCN(C2CCCCCC2)C1. The number of nitrogens with zero attached hydrogens (tertiary/aromatic N) is 1. The highest BCUT2D eigenvalue weighted by Gasteiger charge is 2.29. The Morgan fingerprint density at radius 3 is 2.48 bits per heavy atom. The molecule has 23 heavy (non-hydrogen) atoms. The van der Waals surface area contributed by atoms with Gasteiger partial charge in [-0.25, -0.2) is 0 Å². The first-order valence-corrected chi connectivity index (χ1v) is 9.78. The van der Waals surface area contributed by atoms with E-state index in [4.69, 9.17) is 0 Å². The molecule has 1 aliphatic heterocycles. The van der Waals surface area contributed by atoms with Crippen molar-refractivity contribution in [2.75, 3.05) is 13.1 Å². The van der Waals surface area contributed by atoms with Crippen molar-refractivity contribution in [1.29, 1.82) is 0 Å². The maximum absolute atomic E-state index is 12.2. The molecule has 1 aromatic rings. The highest BCUT2D eigenvalue weighted by atomic mass is 79.9. The van der Waals surface area contributed by atoms with E-state index in [1.54, 1.807) is 0 Å². The van der Waals surface area contributed by atoms with E-state index >= 15 is 0 Å². The summed E-state index contributed by atoms with van der Waals surface area (Å²) in [5.41, 5.74) is 1.07. The van der Waals surface area contributed by atoms with Crippen LogP contribution in [0.1, 0.15) is 50.5 Å². The summed E-state index contributed by atoms with van der Waals surface area (Å²) >= 11 is 3.43. The van der Waals surface area contributed by atoms with E-state index in [1.807, 2.05) is 24.3 Å². The standard InChI is InChI=1S/C19H27BrN2O/c20-16-9-7-15(8-10-16)13-19(23)21-17-11-12-22(14-17)18-5-3-1-2-4-6-18/h7-10,17-18H,1-6,11-14H2,(H,21,23). The lowest BCUT2D eigenvalue weighted by molar-refractivity contribution is -0.121. The van der Waals surface area contributed by atoms with Crippen molar-refractivity contribution in [2.45, 2.75) is 63.5 Å². The largest absolute Gasteiger partial charge is 0.352 e. The number of hydrogen-bond acceptors (Lipinski definition) is 2. The Hall–Kier alpha value is -0.870. The molecule has 1 amide bonds. The summed E-state index contributed by atoms with van der Waals surface area (Å²) in [7, 11) is 0. The molecule has 1 aliphatic carbocycles. The third kappa shape index (κ3) is 5.05. The molecule has 3 rings (SSSR count). The van der Waals surface area contributed by atoms with Gasteiger partial charge in [0.25, 0.3) is 0 Å². The molecule has 0 bridgehead atoms. The van der Waals surface area contributed by atoms with Gasteiger partial charge in [0.05, 0.1) is 6.42 Å². The number of carbonyl (C=O) groups excluding carboxylic acids is 1. The number of halogens is 1. The summed E-state index contributed by atoms with van der Waals surface area (Å²) in [6.45, 7) is 2.19. The van der Waals surface area contributed by atoms with Crippen LogP contribution in [0.4, 0.5) is 0 Å². The zero-order chi connectivity index (χ0) is 16.1. The van der Waals surface area contributed by atoms with E-state index in [-0.39, 0.29) is 5.91 Å². The van der Waals surface area contributed by atoms with E-state index in [2.05, 4.69) is 26.1 Å². The second-order valence-corrected chi connectivity index (χ2v) is 7.91. The predicted octanol–water partition coefficient (Wildman–Crippen LogP) is 3.90.